The fourth-order valence-corrected chi connectivity index (χ4v) is 4.46. The molecule has 190 valence electrons. The number of amides is 1. The van der Waals surface area contributed by atoms with E-state index in [0.29, 0.717) is 50.5 Å². The highest BCUT2D eigenvalue weighted by molar-refractivity contribution is 5.97. The summed E-state index contributed by atoms with van der Waals surface area (Å²) in [6.07, 6.45) is 4.00. The van der Waals surface area contributed by atoms with Crippen molar-refractivity contribution in [3.63, 3.8) is 0 Å². The molecule has 3 aromatic heterocycles. The Morgan fingerprint density at radius 1 is 1.33 bits per heavy atom. The monoisotopic (exact) mass is 495 g/mol. The zero-order valence-electron chi connectivity index (χ0n) is 20.3. The third-order valence-electron chi connectivity index (χ3n) is 6.38. The highest BCUT2D eigenvalue weighted by atomic mass is 16.4. The van der Waals surface area contributed by atoms with Crippen LogP contribution in [-0.2, 0) is 11.3 Å². The summed E-state index contributed by atoms with van der Waals surface area (Å²) in [4.78, 5) is 48.2. The molecule has 12 heteroatoms. The zero-order chi connectivity index (χ0) is 25.8. The SMILES string of the molecule is CCCCn1c(N)c(N(CC)C(=O)C2CCN(c3oc(-c4ccco4)nc3C#N)CC2)c(=O)[nH]c1=O. The average Bonchev–Trinajstić information content (AvgIpc) is 3.56. The summed E-state index contributed by atoms with van der Waals surface area (Å²) < 4.78 is 12.4. The number of unbranched alkanes of at least 4 members (excludes halogenated alkanes) is 1. The molecule has 4 heterocycles. The fraction of sp³-hybridized carbons (Fsp3) is 0.458. The average molecular weight is 496 g/mol. The van der Waals surface area contributed by atoms with E-state index in [2.05, 4.69) is 16.0 Å². The molecule has 1 saturated heterocycles. The predicted octanol–water partition coefficient (Wildman–Crippen LogP) is 2.31. The van der Waals surface area contributed by atoms with Crippen LogP contribution in [0.2, 0.25) is 0 Å². The van der Waals surface area contributed by atoms with Crippen molar-refractivity contribution in [2.24, 2.45) is 5.92 Å². The van der Waals surface area contributed by atoms with E-state index < -0.39 is 11.2 Å². The molecular weight excluding hydrogens is 466 g/mol. The Hall–Kier alpha value is -4.27. The van der Waals surface area contributed by atoms with Gasteiger partial charge in [0.15, 0.2) is 11.4 Å². The number of furan rings is 1. The van der Waals surface area contributed by atoms with Gasteiger partial charge in [0.05, 0.1) is 6.26 Å². The number of anilines is 3. The number of oxazole rings is 1. The molecule has 0 spiro atoms. The van der Waals surface area contributed by atoms with Gasteiger partial charge in [-0.1, -0.05) is 13.3 Å². The van der Waals surface area contributed by atoms with Crippen molar-refractivity contribution in [1.29, 1.82) is 5.26 Å². The second-order valence-corrected chi connectivity index (χ2v) is 8.60. The summed E-state index contributed by atoms with van der Waals surface area (Å²) in [7, 11) is 0. The molecule has 0 aliphatic carbocycles. The van der Waals surface area contributed by atoms with Gasteiger partial charge in [-0.25, -0.2) is 4.79 Å². The molecule has 0 bridgehead atoms. The smallest absolute Gasteiger partial charge is 0.330 e. The molecular formula is C24H29N7O5. The number of H-pyrrole nitrogens is 1. The van der Waals surface area contributed by atoms with Crippen LogP contribution in [0.1, 0.15) is 45.2 Å². The van der Waals surface area contributed by atoms with E-state index in [1.807, 2.05) is 11.8 Å². The van der Waals surface area contributed by atoms with Gasteiger partial charge in [-0.05, 0) is 38.3 Å². The molecule has 0 radical (unpaired) electrons. The molecule has 1 aliphatic heterocycles. The van der Waals surface area contributed by atoms with Crippen LogP contribution in [0.3, 0.4) is 0 Å². The van der Waals surface area contributed by atoms with E-state index in [-0.39, 0.29) is 41.5 Å². The minimum Gasteiger partial charge on any atom is -0.459 e. The minimum absolute atomic E-state index is 0.00406. The summed E-state index contributed by atoms with van der Waals surface area (Å²) in [5, 5.41) is 9.52. The summed E-state index contributed by atoms with van der Waals surface area (Å²) in [5.74, 6) is 0.374. The number of hydrogen-bond acceptors (Lipinski definition) is 9. The van der Waals surface area contributed by atoms with Gasteiger partial charge in [0, 0.05) is 32.1 Å². The molecule has 0 saturated carbocycles. The molecule has 1 aliphatic rings. The summed E-state index contributed by atoms with van der Waals surface area (Å²) >= 11 is 0. The van der Waals surface area contributed by atoms with Gasteiger partial charge in [0.25, 0.3) is 11.4 Å². The Labute approximate surface area is 206 Å². The van der Waals surface area contributed by atoms with Gasteiger partial charge in [-0.3, -0.25) is 19.1 Å². The van der Waals surface area contributed by atoms with Crippen LogP contribution >= 0.6 is 0 Å². The predicted molar refractivity (Wildman–Crippen MR) is 133 cm³/mol. The van der Waals surface area contributed by atoms with Crippen LogP contribution in [0.15, 0.2) is 36.8 Å². The van der Waals surface area contributed by atoms with E-state index in [4.69, 9.17) is 14.6 Å². The van der Waals surface area contributed by atoms with Crippen molar-refractivity contribution in [2.45, 2.75) is 46.1 Å². The van der Waals surface area contributed by atoms with Crippen LogP contribution in [0.4, 0.5) is 17.4 Å². The standard InChI is InChI=1S/C24H29N7O5/c1-3-5-10-31-19(26)18(20(32)28-24(31)34)30(4-2)22(33)15-8-11-29(12-9-15)23-16(14-25)27-21(36-23)17-7-6-13-35-17/h6-7,13,15H,3-5,8-12,26H2,1-2H3,(H,28,32,34). The number of piperidine rings is 1. The zero-order valence-corrected chi connectivity index (χ0v) is 20.3. The molecule has 4 rings (SSSR count). The van der Waals surface area contributed by atoms with E-state index >= 15 is 0 Å². The lowest BCUT2D eigenvalue weighted by atomic mass is 9.95. The first-order valence-electron chi connectivity index (χ1n) is 12.0. The number of aromatic nitrogens is 3. The van der Waals surface area contributed by atoms with Gasteiger partial charge in [-0.2, -0.15) is 10.2 Å². The molecule has 1 amide bonds. The number of carbonyl (C=O) groups excluding carboxylic acids is 1. The number of carbonyl (C=O) groups is 1. The van der Waals surface area contributed by atoms with E-state index in [0.717, 1.165) is 6.42 Å². The Morgan fingerprint density at radius 2 is 2.08 bits per heavy atom. The number of hydrogen-bond donors (Lipinski definition) is 2. The number of nitrogens with one attached hydrogen (secondary N) is 1. The number of aromatic amines is 1. The van der Waals surface area contributed by atoms with Crippen LogP contribution < -0.4 is 26.8 Å². The number of nitrogens with two attached hydrogens (primary N) is 1. The maximum absolute atomic E-state index is 13.5. The molecule has 1 fully saturated rings. The summed E-state index contributed by atoms with van der Waals surface area (Å²) in [5.41, 5.74) is 5.12. The molecule has 3 aromatic rings. The van der Waals surface area contributed by atoms with Crippen LogP contribution in [0.25, 0.3) is 11.7 Å². The lowest BCUT2D eigenvalue weighted by Gasteiger charge is -2.34. The Morgan fingerprint density at radius 3 is 2.69 bits per heavy atom. The lowest BCUT2D eigenvalue weighted by molar-refractivity contribution is -0.122. The topological polar surface area (TPSA) is 167 Å². The van der Waals surface area contributed by atoms with Gasteiger partial charge < -0.3 is 24.4 Å². The molecule has 3 N–H and O–H groups in total. The van der Waals surface area contributed by atoms with Gasteiger partial charge in [0.1, 0.15) is 11.9 Å². The largest absolute Gasteiger partial charge is 0.459 e. The van der Waals surface area contributed by atoms with E-state index in [1.165, 1.54) is 15.7 Å². The van der Waals surface area contributed by atoms with E-state index in [9.17, 15) is 19.6 Å². The summed E-state index contributed by atoms with van der Waals surface area (Å²) in [6.45, 7) is 5.24. The fourth-order valence-electron chi connectivity index (χ4n) is 4.46. The Balaban J connectivity index is 1.52. The normalized spacial score (nSPS) is 14.1. The minimum atomic E-state index is -0.677. The molecule has 0 atom stereocenters. The highest BCUT2D eigenvalue weighted by Gasteiger charge is 2.33. The number of nitriles is 1. The maximum Gasteiger partial charge on any atom is 0.330 e. The third-order valence-corrected chi connectivity index (χ3v) is 6.38. The van der Waals surface area contributed by atoms with Crippen molar-refractivity contribution in [3.8, 4) is 17.7 Å². The maximum atomic E-state index is 13.5. The van der Waals surface area contributed by atoms with E-state index in [1.54, 1.807) is 19.1 Å². The van der Waals surface area contributed by atoms with Crippen molar-refractivity contribution in [1.82, 2.24) is 14.5 Å². The first-order chi connectivity index (χ1) is 17.4. The highest BCUT2D eigenvalue weighted by Crippen LogP contribution is 2.32. The van der Waals surface area contributed by atoms with Crippen molar-refractivity contribution in [3.05, 3.63) is 44.9 Å². The third kappa shape index (κ3) is 4.64. The van der Waals surface area contributed by atoms with Gasteiger partial charge in [-0.15, -0.1) is 0 Å². The first-order valence-corrected chi connectivity index (χ1v) is 12.0. The van der Waals surface area contributed by atoms with Gasteiger partial charge >= 0.3 is 5.69 Å². The quantitative estimate of drug-likeness (QED) is 0.476. The van der Waals surface area contributed by atoms with Crippen LogP contribution in [0.5, 0.6) is 0 Å². The Kier molecular flexibility index (Phi) is 7.28. The van der Waals surface area contributed by atoms with Crippen molar-refractivity contribution in [2.75, 3.05) is 35.2 Å². The summed E-state index contributed by atoms with van der Waals surface area (Å²) in [6, 6.07) is 5.45. The van der Waals surface area contributed by atoms with Crippen LogP contribution in [-0.4, -0.2) is 40.1 Å². The number of rotatable bonds is 8. The number of nitrogen functional groups attached to an aromatic ring is 1. The van der Waals surface area contributed by atoms with Crippen molar-refractivity contribution < 1.29 is 13.6 Å². The molecule has 0 aromatic carbocycles. The molecule has 0 unspecified atom stereocenters. The molecule has 36 heavy (non-hydrogen) atoms. The van der Waals surface area contributed by atoms with Crippen LogP contribution in [0, 0.1) is 17.2 Å². The Bertz CT molecular complexity index is 1370. The second-order valence-electron chi connectivity index (χ2n) is 8.60. The first kappa shape index (κ1) is 24.8. The second kappa shape index (κ2) is 10.6. The van der Waals surface area contributed by atoms with Gasteiger partial charge in [0.2, 0.25) is 17.5 Å². The molecule has 12 nitrogen and oxygen atoms in total. The number of nitrogens with zero attached hydrogens (tertiary/aromatic N) is 5. The lowest BCUT2D eigenvalue weighted by Crippen LogP contribution is -2.46. The van der Waals surface area contributed by atoms with Crippen molar-refractivity contribution >= 4 is 23.3 Å².